The molecule has 2 aromatic heterocycles. The number of nitrogens with one attached hydrogen (secondary N) is 3. The third kappa shape index (κ3) is 3.80. The van der Waals surface area contributed by atoms with E-state index in [1.165, 1.54) is 5.56 Å². The summed E-state index contributed by atoms with van der Waals surface area (Å²) in [6, 6.07) is 12.8. The topological polar surface area (TPSA) is 67.0 Å². The van der Waals surface area contributed by atoms with Crippen molar-refractivity contribution in [3.05, 3.63) is 59.9 Å². The van der Waals surface area contributed by atoms with Gasteiger partial charge in [0.2, 0.25) is 0 Å². The number of anilines is 1. The molecule has 1 fully saturated rings. The average Bonchev–Trinajstić information content (AvgIpc) is 3.31. The van der Waals surface area contributed by atoms with E-state index in [1.54, 1.807) is 0 Å². The van der Waals surface area contributed by atoms with Crippen LogP contribution in [0.3, 0.4) is 0 Å². The van der Waals surface area contributed by atoms with Crippen LogP contribution in [0.1, 0.15) is 24.0 Å². The van der Waals surface area contributed by atoms with E-state index < -0.39 is 0 Å². The minimum absolute atomic E-state index is 0.268. The summed E-state index contributed by atoms with van der Waals surface area (Å²) in [6.45, 7) is 3.59. The highest BCUT2D eigenvalue weighted by molar-refractivity contribution is 6.07. The molecular weight excluding hydrogens is 362 g/mol. The molecule has 0 atom stereocenters. The maximum Gasteiger partial charge on any atom is 0.130 e. The zero-order chi connectivity index (χ0) is 20.4. The Hall–Kier alpha value is -2.99. The van der Waals surface area contributed by atoms with E-state index in [0.717, 1.165) is 54.4 Å². The highest BCUT2D eigenvalue weighted by atomic mass is 16.5. The molecule has 152 valence electrons. The van der Waals surface area contributed by atoms with Crippen LogP contribution in [0.4, 0.5) is 5.82 Å². The Morgan fingerprint density at radius 1 is 1.17 bits per heavy atom. The number of amidine groups is 1. The van der Waals surface area contributed by atoms with Gasteiger partial charge in [-0.05, 0) is 49.6 Å². The molecule has 0 saturated carbocycles. The van der Waals surface area contributed by atoms with Gasteiger partial charge in [-0.25, -0.2) is 0 Å². The van der Waals surface area contributed by atoms with Gasteiger partial charge in [0.15, 0.2) is 0 Å². The van der Waals surface area contributed by atoms with Crippen LogP contribution in [0.2, 0.25) is 0 Å². The monoisotopic (exact) mass is 391 g/mol. The van der Waals surface area contributed by atoms with E-state index in [4.69, 9.17) is 10.1 Å². The minimum atomic E-state index is 0.268. The zero-order valence-electron chi connectivity index (χ0n) is 17.3. The number of aromatic nitrogens is 2. The number of hydrogen-bond acceptors (Lipinski definition) is 3. The van der Waals surface area contributed by atoms with Gasteiger partial charge in [0.25, 0.3) is 0 Å². The number of nitrogens with zero attached hydrogens (tertiary/aromatic N) is 2. The SMILES string of the molecule is CNc1c(C(=N)NC2CCOCC2)c(-c2cccn2C)cn1-c1cccc(C)c1. The van der Waals surface area contributed by atoms with Gasteiger partial charge in [-0.2, -0.15) is 0 Å². The number of rotatable bonds is 5. The minimum Gasteiger partial charge on any atom is -0.381 e. The molecule has 0 unspecified atom stereocenters. The quantitative estimate of drug-likeness (QED) is 0.456. The molecule has 0 bridgehead atoms. The molecule has 3 N–H and O–H groups in total. The summed E-state index contributed by atoms with van der Waals surface area (Å²) in [7, 11) is 3.96. The summed E-state index contributed by atoms with van der Waals surface area (Å²) in [5.41, 5.74) is 5.29. The Morgan fingerprint density at radius 3 is 2.62 bits per heavy atom. The van der Waals surface area contributed by atoms with E-state index in [0.29, 0.717) is 5.84 Å². The van der Waals surface area contributed by atoms with Gasteiger partial charge < -0.3 is 24.5 Å². The molecule has 6 nitrogen and oxygen atoms in total. The molecule has 0 spiro atoms. The van der Waals surface area contributed by atoms with Crippen LogP contribution in [-0.4, -0.2) is 41.3 Å². The molecule has 1 aliphatic heterocycles. The predicted molar refractivity (Wildman–Crippen MR) is 118 cm³/mol. The summed E-state index contributed by atoms with van der Waals surface area (Å²) in [5, 5.41) is 15.7. The summed E-state index contributed by atoms with van der Waals surface area (Å²) < 4.78 is 9.71. The fourth-order valence-electron chi connectivity index (χ4n) is 4.04. The largest absolute Gasteiger partial charge is 0.381 e. The van der Waals surface area contributed by atoms with Crippen molar-refractivity contribution in [2.45, 2.75) is 25.8 Å². The van der Waals surface area contributed by atoms with Crippen molar-refractivity contribution >= 4 is 11.7 Å². The number of aryl methyl sites for hydroxylation is 2. The summed E-state index contributed by atoms with van der Waals surface area (Å²) in [5.74, 6) is 1.36. The van der Waals surface area contributed by atoms with E-state index in [2.05, 4.69) is 63.2 Å². The first-order valence-electron chi connectivity index (χ1n) is 10.1. The second-order valence-electron chi connectivity index (χ2n) is 7.64. The van der Waals surface area contributed by atoms with Crippen LogP contribution < -0.4 is 10.6 Å². The van der Waals surface area contributed by atoms with Crippen molar-refractivity contribution in [3.8, 4) is 16.9 Å². The first kappa shape index (κ1) is 19.3. The van der Waals surface area contributed by atoms with Crippen molar-refractivity contribution in [1.29, 1.82) is 5.41 Å². The van der Waals surface area contributed by atoms with Crippen molar-refractivity contribution in [1.82, 2.24) is 14.5 Å². The van der Waals surface area contributed by atoms with E-state index in [1.807, 2.05) is 26.4 Å². The number of benzene rings is 1. The molecule has 0 aliphatic carbocycles. The first-order chi connectivity index (χ1) is 14.1. The first-order valence-corrected chi connectivity index (χ1v) is 10.1. The Labute approximate surface area is 172 Å². The van der Waals surface area contributed by atoms with Crippen LogP contribution in [0.15, 0.2) is 48.8 Å². The van der Waals surface area contributed by atoms with E-state index in [-0.39, 0.29) is 6.04 Å². The van der Waals surface area contributed by atoms with Gasteiger partial charge in [-0.15, -0.1) is 0 Å². The van der Waals surface area contributed by atoms with Crippen LogP contribution in [0, 0.1) is 12.3 Å². The fraction of sp³-hybridized carbons (Fsp3) is 0.348. The highest BCUT2D eigenvalue weighted by Gasteiger charge is 2.24. The Kier molecular flexibility index (Phi) is 5.45. The molecule has 29 heavy (non-hydrogen) atoms. The molecule has 1 saturated heterocycles. The lowest BCUT2D eigenvalue weighted by Crippen LogP contribution is -2.39. The average molecular weight is 392 g/mol. The zero-order valence-corrected chi connectivity index (χ0v) is 17.3. The van der Waals surface area contributed by atoms with Crippen molar-refractivity contribution in [2.24, 2.45) is 7.05 Å². The van der Waals surface area contributed by atoms with E-state index in [9.17, 15) is 0 Å². The molecule has 1 aliphatic rings. The lowest BCUT2D eigenvalue weighted by atomic mass is 10.1. The molecule has 4 rings (SSSR count). The molecule has 3 heterocycles. The number of hydrogen-bond donors (Lipinski definition) is 3. The predicted octanol–water partition coefficient (Wildman–Crippen LogP) is 3.93. The van der Waals surface area contributed by atoms with Crippen LogP contribution in [0.25, 0.3) is 16.9 Å². The van der Waals surface area contributed by atoms with Gasteiger partial charge in [-0.1, -0.05) is 12.1 Å². The lowest BCUT2D eigenvalue weighted by molar-refractivity contribution is 0.0824. The standard InChI is InChI=1S/C23H29N5O/c1-16-6-4-7-18(14-16)28-15-19(20-8-5-11-27(20)3)21(23(28)25-2)22(24)26-17-9-12-29-13-10-17/h4-8,11,14-15,17,25H,9-10,12-13H2,1-3H3,(H2,24,26). The van der Waals surface area contributed by atoms with Crippen molar-refractivity contribution in [2.75, 3.05) is 25.6 Å². The Bertz CT molecular complexity index is 1010. The van der Waals surface area contributed by atoms with E-state index >= 15 is 0 Å². The van der Waals surface area contributed by atoms with Crippen LogP contribution in [-0.2, 0) is 11.8 Å². The normalized spacial score (nSPS) is 14.7. The summed E-state index contributed by atoms with van der Waals surface area (Å²) in [6.07, 6.45) is 6.02. The van der Waals surface area contributed by atoms with Gasteiger partial charge >= 0.3 is 0 Å². The second-order valence-corrected chi connectivity index (χ2v) is 7.64. The third-order valence-corrected chi connectivity index (χ3v) is 5.56. The maximum absolute atomic E-state index is 8.93. The lowest BCUT2D eigenvalue weighted by Gasteiger charge is -2.25. The molecule has 6 heteroatoms. The maximum atomic E-state index is 8.93. The van der Waals surface area contributed by atoms with Gasteiger partial charge in [-0.3, -0.25) is 5.41 Å². The van der Waals surface area contributed by atoms with Crippen LogP contribution >= 0.6 is 0 Å². The van der Waals surface area contributed by atoms with Crippen LogP contribution in [0.5, 0.6) is 0 Å². The molecular formula is C23H29N5O. The third-order valence-electron chi connectivity index (χ3n) is 5.56. The van der Waals surface area contributed by atoms with Gasteiger partial charge in [0.1, 0.15) is 11.7 Å². The highest BCUT2D eigenvalue weighted by Crippen LogP contribution is 2.34. The molecule has 0 radical (unpaired) electrons. The van der Waals surface area contributed by atoms with Crippen molar-refractivity contribution < 1.29 is 4.74 Å². The van der Waals surface area contributed by atoms with Gasteiger partial charge in [0.05, 0.1) is 11.3 Å². The van der Waals surface area contributed by atoms with Crippen molar-refractivity contribution in [3.63, 3.8) is 0 Å². The number of ether oxygens (including phenoxy) is 1. The summed E-state index contributed by atoms with van der Waals surface area (Å²) >= 11 is 0. The van der Waals surface area contributed by atoms with Gasteiger partial charge in [0, 0.05) is 57.0 Å². The summed E-state index contributed by atoms with van der Waals surface area (Å²) in [4.78, 5) is 0. The molecule has 3 aromatic rings. The molecule has 0 amide bonds. The second kappa shape index (κ2) is 8.17. The smallest absolute Gasteiger partial charge is 0.130 e. The Balaban J connectivity index is 1.82. The fourth-order valence-corrected chi connectivity index (χ4v) is 4.04. The Morgan fingerprint density at radius 2 is 1.97 bits per heavy atom. The molecule has 1 aromatic carbocycles.